The molecule has 1 fully saturated rings. The van der Waals surface area contributed by atoms with E-state index < -0.39 is 0 Å². The molecule has 0 radical (unpaired) electrons. The van der Waals surface area contributed by atoms with Gasteiger partial charge < -0.3 is 14.4 Å². The third-order valence-corrected chi connectivity index (χ3v) is 4.21. The Morgan fingerprint density at radius 1 is 1.47 bits per heavy atom. The van der Waals surface area contributed by atoms with Crippen LogP contribution >= 0.6 is 11.8 Å². The van der Waals surface area contributed by atoms with Gasteiger partial charge in [0.2, 0.25) is 5.91 Å². The van der Waals surface area contributed by atoms with E-state index in [2.05, 4.69) is 0 Å². The van der Waals surface area contributed by atoms with E-state index in [0.717, 1.165) is 11.3 Å². The first-order chi connectivity index (χ1) is 9.26. The van der Waals surface area contributed by atoms with Gasteiger partial charge in [-0.25, -0.2) is 0 Å². The normalized spacial score (nSPS) is 18.9. The number of carbonyl (C=O) groups excluding carboxylic acids is 1. The van der Waals surface area contributed by atoms with Crippen molar-refractivity contribution < 1.29 is 14.3 Å². The van der Waals surface area contributed by atoms with Crippen LogP contribution in [0.4, 0.5) is 0 Å². The molecular formula is C14H19NO3S. The van der Waals surface area contributed by atoms with Crippen LogP contribution in [0.1, 0.15) is 17.9 Å². The van der Waals surface area contributed by atoms with Gasteiger partial charge >= 0.3 is 0 Å². The summed E-state index contributed by atoms with van der Waals surface area (Å²) < 4.78 is 10.6. The van der Waals surface area contributed by atoms with Crippen molar-refractivity contribution in [1.82, 2.24) is 4.90 Å². The van der Waals surface area contributed by atoms with E-state index in [0.29, 0.717) is 25.5 Å². The molecule has 0 bridgehead atoms. The molecule has 1 aromatic rings. The second-order valence-corrected chi connectivity index (χ2v) is 5.32. The summed E-state index contributed by atoms with van der Waals surface area (Å²) in [5.41, 5.74) is 1.11. The maximum absolute atomic E-state index is 11.9. The molecule has 0 N–H and O–H groups in total. The van der Waals surface area contributed by atoms with Gasteiger partial charge in [0.15, 0.2) is 0 Å². The molecule has 1 atom stereocenters. The summed E-state index contributed by atoms with van der Waals surface area (Å²) in [6.45, 7) is 3.80. The number of ether oxygens (including phenoxy) is 2. The lowest BCUT2D eigenvalue weighted by Crippen LogP contribution is -2.31. The summed E-state index contributed by atoms with van der Waals surface area (Å²) in [6.07, 6.45) is 0. The minimum absolute atomic E-state index is 0.0723. The van der Waals surface area contributed by atoms with Gasteiger partial charge in [-0.3, -0.25) is 4.79 Å². The van der Waals surface area contributed by atoms with Crippen molar-refractivity contribution in [3.63, 3.8) is 0 Å². The number of benzene rings is 1. The second-order valence-electron chi connectivity index (χ2n) is 4.25. The molecule has 0 aromatic heterocycles. The maximum atomic E-state index is 11.9. The Hall–Kier alpha value is -1.20. The minimum atomic E-state index is 0.0723. The molecule has 19 heavy (non-hydrogen) atoms. The summed E-state index contributed by atoms with van der Waals surface area (Å²) in [6, 6.07) is 7.96. The number of methoxy groups -OCH3 is 1. The Balaban J connectivity index is 2.14. The van der Waals surface area contributed by atoms with E-state index in [1.54, 1.807) is 18.9 Å². The number of hydrogen-bond donors (Lipinski definition) is 0. The smallest absolute Gasteiger partial charge is 0.233 e. The molecule has 1 aliphatic rings. The van der Waals surface area contributed by atoms with Crippen molar-refractivity contribution in [3.8, 4) is 5.75 Å². The monoisotopic (exact) mass is 281 g/mol. The van der Waals surface area contributed by atoms with Gasteiger partial charge in [0.1, 0.15) is 11.1 Å². The largest absolute Gasteiger partial charge is 0.494 e. The van der Waals surface area contributed by atoms with Crippen LogP contribution in [0.15, 0.2) is 24.3 Å². The van der Waals surface area contributed by atoms with Gasteiger partial charge in [-0.2, -0.15) is 0 Å². The van der Waals surface area contributed by atoms with Crippen LogP contribution in [0.3, 0.4) is 0 Å². The highest BCUT2D eigenvalue weighted by molar-refractivity contribution is 8.00. The molecule has 1 aliphatic heterocycles. The van der Waals surface area contributed by atoms with Gasteiger partial charge in [0, 0.05) is 13.7 Å². The third-order valence-electron chi connectivity index (χ3n) is 2.96. The quantitative estimate of drug-likeness (QED) is 0.802. The first-order valence-corrected chi connectivity index (χ1v) is 7.44. The van der Waals surface area contributed by atoms with Crippen LogP contribution in [0.5, 0.6) is 5.75 Å². The third kappa shape index (κ3) is 3.42. The summed E-state index contributed by atoms with van der Waals surface area (Å²) in [5.74, 6) is 1.56. The molecule has 0 aliphatic carbocycles. The van der Waals surface area contributed by atoms with Crippen LogP contribution in [0, 0.1) is 0 Å². The highest BCUT2D eigenvalue weighted by Gasteiger charge is 2.32. The van der Waals surface area contributed by atoms with Crippen molar-refractivity contribution in [1.29, 1.82) is 0 Å². The Bertz CT molecular complexity index is 438. The Labute approximate surface area is 118 Å². The first kappa shape index (κ1) is 14.2. The van der Waals surface area contributed by atoms with Crippen LogP contribution in [0.2, 0.25) is 0 Å². The number of amides is 1. The molecule has 1 heterocycles. The zero-order chi connectivity index (χ0) is 13.7. The van der Waals surface area contributed by atoms with Crippen LogP contribution < -0.4 is 4.74 Å². The summed E-state index contributed by atoms with van der Waals surface area (Å²) in [7, 11) is 1.65. The van der Waals surface area contributed by atoms with Crippen LogP contribution in [-0.4, -0.2) is 43.4 Å². The van der Waals surface area contributed by atoms with E-state index in [1.807, 2.05) is 36.1 Å². The first-order valence-electron chi connectivity index (χ1n) is 6.39. The zero-order valence-electron chi connectivity index (χ0n) is 11.3. The molecule has 104 valence electrons. The lowest BCUT2D eigenvalue weighted by atomic mass is 10.2. The SMILES string of the molecule is CCOc1cccc(C2SCC(=O)N2CCOC)c1. The molecule has 1 saturated heterocycles. The van der Waals surface area contributed by atoms with Crippen LogP contribution in [0.25, 0.3) is 0 Å². The van der Waals surface area contributed by atoms with Crippen molar-refractivity contribution in [2.45, 2.75) is 12.3 Å². The number of carbonyl (C=O) groups is 1. The minimum Gasteiger partial charge on any atom is -0.494 e. The van der Waals surface area contributed by atoms with Gasteiger partial charge in [-0.05, 0) is 24.6 Å². The molecule has 0 saturated carbocycles. The van der Waals surface area contributed by atoms with Crippen molar-refractivity contribution in [3.05, 3.63) is 29.8 Å². The fraction of sp³-hybridized carbons (Fsp3) is 0.500. The van der Waals surface area contributed by atoms with Crippen molar-refractivity contribution >= 4 is 17.7 Å². The van der Waals surface area contributed by atoms with Crippen molar-refractivity contribution in [2.75, 3.05) is 32.6 Å². The second kappa shape index (κ2) is 6.82. The topological polar surface area (TPSA) is 38.8 Å². The fourth-order valence-corrected chi connectivity index (χ4v) is 3.29. The fourth-order valence-electron chi connectivity index (χ4n) is 2.09. The molecule has 1 aromatic carbocycles. The summed E-state index contributed by atoms with van der Waals surface area (Å²) in [5, 5.41) is 0.0723. The van der Waals surface area contributed by atoms with E-state index in [1.165, 1.54) is 0 Å². The number of hydrogen-bond acceptors (Lipinski definition) is 4. The highest BCUT2D eigenvalue weighted by Crippen LogP contribution is 2.39. The Morgan fingerprint density at radius 3 is 3.05 bits per heavy atom. The number of nitrogens with zero attached hydrogens (tertiary/aromatic N) is 1. The van der Waals surface area contributed by atoms with E-state index in [4.69, 9.17) is 9.47 Å². The molecule has 1 unspecified atom stereocenters. The van der Waals surface area contributed by atoms with Gasteiger partial charge in [-0.1, -0.05) is 12.1 Å². The van der Waals surface area contributed by atoms with E-state index in [-0.39, 0.29) is 11.3 Å². The highest BCUT2D eigenvalue weighted by atomic mass is 32.2. The Kier molecular flexibility index (Phi) is 5.10. The average Bonchev–Trinajstić information content (AvgIpc) is 2.78. The number of thioether (sulfide) groups is 1. The van der Waals surface area contributed by atoms with E-state index in [9.17, 15) is 4.79 Å². The predicted octanol–water partition coefficient (Wildman–Crippen LogP) is 2.31. The number of rotatable bonds is 6. The lowest BCUT2D eigenvalue weighted by Gasteiger charge is -2.24. The molecule has 5 heteroatoms. The van der Waals surface area contributed by atoms with Crippen molar-refractivity contribution in [2.24, 2.45) is 0 Å². The van der Waals surface area contributed by atoms with Gasteiger partial charge in [0.05, 0.1) is 19.0 Å². The molecular weight excluding hydrogens is 262 g/mol. The average molecular weight is 281 g/mol. The maximum Gasteiger partial charge on any atom is 0.233 e. The summed E-state index contributed by atoms with van der Waals surface area (Å²) >= 11 is 1.65. The Morgan fingerprint density at radius 2 is 2.32 bits per heavy atom. The zero-order valence-corrected chi connectivity index (χ0v) is 12.1. The standard InChI is InChI=1S/C14H19NO3S/c1-3-18-12-6-4-5-11(9-12)14-15(7-8-17-2)13(16)10-19-14/h4-6,9,14H,3,7-8,10H2,1-2H3. The molecule has 1 amide bonds. The molecule has 0 spiro atoms. The predicted molar refractivity (Wildman–Crippen MR) is 76.4 cm³/mol. The summed E-state index contributed by atoms with van der Waals surface area (Å²) in [4.78, 5) is 13.8. The van der Waals surface area contributed by atoms with Gasteiger partial charge in [0.25, 0.3) is 0 Å². The van der Waals surface area contributed by atoms with Crippen LogP contribution in [-0.2, 0) is 9.53 Å². The van der Waals surface area contributed by atoms with E-state index >= 15 is 0 Å². The van der Waals surface area contributed by atoms with Gasteiger partial charge in [-0.15, -0.1) is 11.8 Å². The molecule has 4 nitrogen and oxygen atoms in total. The lowest BCUT2D eigenvalue weighted by molar-refractivity contribution is -0.128. The molecule has 2 rings (SSSR count).